The van der Waals surface area contributed by atoms with Gasteiger partial charge in [-0.15, -0.1) is 0 Å². The maximum absolute atomic E-state index is 15.5. The third-order valence-electron chi connectivity index (χ3n) is 7.38. The fraction of sp³-hybridized carbons (Fsp3) is 0.519. The smallest absolute Gasteiger partial charge is 0.303 e. The fourth-order valence-corrected chi connectivity index (χ4v) is 5.38. The second-order valence-electron chi connectivity index (χ2n) is 9.66. The zero-order valence-corrected chi connectivity index (χ0v) is 20.5. The van der Waals surface area contributed by atoms with Gasteiger partial charge in [0.05, 0.1) is 18.8 Å². The number of carbonyl (C=O) groups is 1. The van der Waals surface area contributed by atoms with E-state index in [1.165, 1.54) is 5.56 Å². The summed E-state index contributed by atoms with van der Waals surface area (Å²) in [6.07, 6.45) is 6.45. The van der Waals surface area contributed by atoms with Crippen LogP contribution < -0.4 is 4.74 Å². The number of piperidine rings is 1. The summed E-state index contributed by atoms with van der Waals surface area (Å²) in [5.74, 6) is 0.147. The van der Waals surface area contributed by atoms with Crippen LogP contribution in [0.5, 0.6) is 5.75 Å². The molecule has 0 spiro atoms. The van der Waals surface area contributed by atoms with E-state index in [0.717, 1.165) is 55.5 Å². The Morgan fingerprint density at radius 1 is 1.34 bits per heavy atom. The Kier molecular flexibility index (Phi) is 8.33. The highest BCUT2D eigenvalue weighted by atomic mass is 19.1. The van der Waals surface area contributed by atoms with Gasteiger partial charge in [-0.3, -0.25) is 14.9 Å². The number of ether oxygens (including phenoxy) is 1. The summed E-state index contributed by atoms with van der Waals surface area (Å²) in [5.41, 5.74) is 3.70. The molecule has 7 nitrogen and oxygen atoms in total. The zero-order chi connectivity index (χ0) is 24.8. The van der Waals surface area contributed by atoms with Crippen LogP contribution >= 0.6 is 0 Å². The molecule has 1 aliphatic heterocycles. The van der Waals surface area contributed by atoms with Crippen LogP contribution in [0.25, 0.3) is 10.9 Å². The number of nitrogens with zero attached hydrogens (tertiary/aromatic N) is 3. The number of hydrogen-bond donors (Lipinski definition) is 2. The van der Waals surface area contributed by atoms with Gasteiger partial charge in [-0.2, -0.15) is 5.10 Å². The summed E-state index contributed by atoms with van der Waals surface area (Å²) in [6, 6.07) is 7.25. The predicted molar refractivity (Wildman–Crippen MR) is 133 cm³/mol. The number of aliphatic carboxylic acids is 1. The molecule has 2 N–H and O–H groups in total. The third kappa shape index (κ3) is 6.36. The highest BCUT2D eigenvalue weighted by Gasteiger charge is 2.31. The molecule has 4 rings (SSSR count). The zero-order valence-electron chi connectivity index (χ0n) is 20.5. The van der Waals surface area contributed by atoms with Crippen molar-refractivity contribution >= 4 is 16.9 Å². The van der Waals surface area contributed by atoms with Gasteiger partial charge in [0.25, 0.3) is 0 Å². The first-order chi connectivity index (χ1) is 16.9. The van der Waals surface area contributed by atoms with Crippen LogP contribution in [0, 0.1) is 18.8 Å². The van der Waals surface area contributed by atoms with Gasteiger partial charge in [-0.05, 0) is 99.3 Å². The average Bonchev–Trinajstić information content (AvgIpc) is 3.26. The van der Waals surface area contributed by atoms with Gasteiger partial charge in [-0.25, -0.2) is 4.39 Å². The molecular formula is C27H35FN4O3. The van der Waals surface area contributed by atoms with Gasteiger partial charge in [0.1, 0.15) is 11.9 Å². The molecule has 0 radical (unpaired) electrons. The molecule has 1 saturated heterocycles. The third-order valence-corrected chi connectivity index (χ3v) is 7.38. The number of H-pyrrole nitrogens is 1. The van der Waals surface area contributed by atoms with Crippen LogP contribution in [0.4, 0.5) is 4.39 Å². The van der Waals surface area contributed by atoms with E-state index < -0.39 is 12.1 Å². The fourth-order valence-electron chi connectivity index (χ4n) is 5.38. The van der Waals surface area contributed by atoms with E-state index >= 15 is 4.39 Å². The number of rotatable bonds is 11. The molecule has 3 heterocycles. The molecule has 0 bridgehead atoms. The van der Waals surface area contributed by atoms with E-state index in [1.807, 2.05) is 31.3 Å². The Balaban J connectivity index is 1.35. The normalized spacial score (nSPS) is 19.6. The summed E-state index contributed by atoms with van der Waals surface area (Å²) in [6.45, 7) is 4.65. The first-order valence-corrected chi connectivity index (χ1v) is 12.4. The van der Waals surface area contributed by atoms with Gasteiger partial charge in [0, 0.05) is 30.2 Å². The maximum Gasteiger partial charge on any atom is 0.303 e. The Labute approximate surface area is 205 Å². The lowest BCUT2D eigenvalue weighted by Gasteiger charge is -2.38. The Morgan fingerprint density at radius 2 is 2.20 bits per heavy atom. The van der Waals surface area contributed by atoms with Crippen LogP contribution in [0.1, 0.15) is 55.1 Å². The van der Waals surface area contributed by atoms with E-state index in [-0.39, 0.29) is 18.3 Å². The number of aryl methyl sites for hydroxylation is 2. The van der Waals surface area contributed by atoms with Crippen molar-refractivity contribution in [3.05, 3.63) is 53.5 Å². The molecule has 0 saturated carbocycles. The number of nitrogens with one attached hydrogen (secondary N) is 1. The largest absolute Gasteiger partial charge is 0.497 e. The number of pyridine rings is 1. The summed E-state index contributed by atoms with van der Waals surface area (Å²) in [7, 11) is 1.59. The van der Waals surface area contributed by atoms with E-state index in [4.69, 9.17) is 4.74 Å². The molecule has 1 aliphatic rings. The SMILES string of the molecule is COc1ccc2nccc([C@@H](F)CC[C@@H]3CCN(CCCc4cn[nH]c4C)C[C@@H]3CC(=O)O)c2c1. The molecule has 8 heteroatoms. The number of hydrogen-bond acceptors (Lipinski definition) is 5. The number of alkyl halides is 1. The Morgan fingerprint density at radius 3 is 2.94 bits per heavy atom. The predicted octanol–water partition coefficient (Wildman–Crippen LogP) is 5.11. The van der Waals surface area contributed by atoms with Gasteiger partial charge in [-0.1, -0.05) is 0 Å². The molecule has 0 amide bonds. The minimum atomic E-state index is -1.13. The van der Waals surface area contributed by atoms with Crippen LogP contribution in [-0.2, 0) is 11.2 Å². The lowest BCUT2D eigenvalue weighted by molar-refractivity contribution is -0.139. The number of carboxylic acids is 1. The second-order valence-corrected chi connectivity index (χ2v) is 9.66. The van der Waals surface area contributed by atoms with Crippen molar-refractivity contribution < 1.29 is 19.0 Å². The average molecular weight is 483 g/mol. The minimum Gasteiger partial charge on any atom is -0.497 e. The number of fused-ring (bicyclic) bond motifs is 1. The van der Waals surface area contributed by atoms with E-state index in [9.17, 15) is 9.90 Å². The Bertz CT molecular complexity index is 1130. The van der Waals surface area contributed by atoms with Crippen LogP contribution in [0.15, 0.2) is 36.7 Å². The van der Waals surface area contributed by atoms with Gasteiger partial charge < -0.3 is 14.7 Å². The van der Waals surface area contributed by atoms with Crippen molar-refractivity contribution in [3.63, 3.8) is 0 Å². The number of methoxy groups -OCH3 is 1. The van der Waals surface area contributed by atoms with Gasteiger partial charge in [0.2, 0.25) is 0 Å². The number of aromatic amines is 1. The number of benzene rings is 1. The molecule has 1 aromatic carbocycles. The molecule has 1 fully saturated rings. The first-order valence-electron chi connectivity index (χ1n) is 12.4. The molecular weight excluding hydrogens is 447 g/mol. The minimum absolute atomic E-state index is 0.0402. The summed E-state index contributed by atoms with van der Waals surface area (Å²) < 4.78 is 20.8. The molecule has 188 valence electrons. The molecule has 35 heavy (non-hydrogen) atoms. The number of carboxylic acid groups (broad SMARTS) is 1. The highest BCUT2D eigenvalue weighted by Crippen LogP contribution is 2.36. The second kappa shape index (κ2) is 11.6. The molecule has 0 unspecified atom stereocenters. The van der Waals surface area contributed by atoms with Crippen LogP contribution in [0.2, 0.25) is 0 Å². The molecule has 0 aliphatic carbocycles. The van der Waals surface area contributed by atoms with Crippen molar-refractivity contribution in [2.24, 2.45) is 11.8 Å². The van der Waals surface area contributed by atoms with E-state index in [1.54, 1.807) is 19.4 Å². The molecule has 3 atom stereocenters. The molecule has 3 aromatic rings. The summed E-state index contributed by atoms with van der Waals surface area (Å²) >= 11 is 0. The lowest BCUT2D eigenvalue weighted by atomic mass is 9.79. The number of halogens is 1. The van der Waals surface area contributed by atoms with Crippen molar-refractivity contribution in [3.8, 4) is 5.75 Å². The first kappa shape index (κ1) is 25.1. The topological polar surface area (TPSA) is 91.3 Å². The quantitative estimate of drug-likeness (QED) is 0.395. The highest BCUT2D eigenvalue weighted by molar-refractivity contribution is 5.83. The van der Waals surface area contributed by atoms with E-state index in [2.05, 4.69) is 20.1 Å². The van der Waals surface area contributed by atoms with Gasteiger partial charge >= 0.3 is 5.97 Å². The standard InChI is InChI=1S/C27H35FN4O3/c1-18-20(16-30-31-18)4-3-12-32-13-10-19(21(17-32)14-27(33)34)5-7-25(28)23-9-11-29-26-8-6-22(35-2)15-24(23)26/h6,8-9,11,15-16,19,21,25H,3-5,7,10,12-14,17H2,1-2H3,(H,30,31)(H,33,34)/t19-,21+,25+/m1/s1. The Hall–Kier alpha value is -3.00. The van der Waals surface area contributed by atoms with Crippen molar-refractivity contribution in [1.29, 1.82) is 0 Å². The van der Waals surface area contributed by atoms with Crippen molar-refractivity contribution in [2.75, 3.05) is 26.7 Å². The number of likely N-dealkylation sites (tertiary alicyclic amines) is 1. The number of aromatic nitrogens is 3. The maximum atomic E-state index is 15.5. The van der Waals surface area contributed by atoms with Crippen molar-refractivity contribution in [2.45, 2.75) is 51.6 Å². The monoisotopic (exact) mass is 482 g/mol. The van der Waals surface area contributed by atoms with Crippen LogP contribution in [-0.4, -0.2) is 57.9 Å². The lowest BCUT2D eigenvalue weighted by Crippen LogP contribution is -2.42. The van der Waals surface area contributed by atoms with E-state index in [0.29, 0.717) is 24.2 Å². The van der Waals surface area contributed by atoms with Gasteiger partial charge in [0.15, 0.2) is 0 Å². The van der Waals surface area contributed by atoms with Crippen molar-refractivity contribution in [1.82, 2.24) is 20.1 Å². The summed E-state index contributed by atoms with van der Waals surface area (Å²) in [5, 5.41) is 17.3. The van der Waals surface area contributed by atoms with Crippen LogP contribution in [0.3, 0.4) is 0 Å². The summed E-state index contributed by atoms with van der Waals surface area (Å²) in [4.78, 5) is 18.3. The molecule has 2 aromatic heterocycles.